The number of sulfonamides is 1. The van der Waals surface area contributed by atoms with Crippen molar-refractivity contribution in [3.8, 4) is 6.07 Å². The van der Waals surface area contributed by atoms with Crippen molar-refractivity contribution in [2.75, 3.05) is 6.54 Å². The molecular weight excluding hydrogens is 176 g/mol. The van der Waals surface area contributed by atoms with E-state index >= 15 is 0 Å². The van der Waals surface area contributed by atoms with Gasteiger partial charge in [-0.1, -0.05) is 13.8 Å². The van der Waals surface area contributed by atoms with Crippen LogP contribution < -0.4 is 4.72 Å². The van der Waals surface area contributed by atoms with Gasteiger partial charge in [0.15, 0.2) is 5.25 Å². The summed E-state index contributed by atoms with van der Waals surface area (Å²) in [7, 11) is -3.40. The highest BCUT2D eigenvalue weighted by molar-refractivity contribution is 7.90. The van der Waals surface area contributed by atoms with Crippen LogP contribution in [0, 0.1) is 11.3 Å². The first-order valence-corrected chi connectivity index (χ1v) is 5.51. The van der Waals surface area contributed by atoms with Crippen molar-refractivity contribution >= 4 is 10.0 Å². The lowest BCUT2D eigenvalue weighted by Gasteiger charge is -2.08. The Morgan fingerprint density at radius 3 is 2.42 bits per heavy atom. The zero-order valence-electron chi connectivity index (χ0n) is 7.37. The molecule has 0 rings (SSSR count). The van der Waals surface area contributed by atoms with Gasteiger partial charge >= 0.3 is 0 Å². The minimum absolute atomic E-state index is 0.329. The minimum atomic E-state index is -3.40. The second kappa shape index (κ2) is 5.12. The summed E-state index contributed by atoms with van der Waals surface area (Å²) in [6, 6.07) is 1.75. The van der Waals surface area contributed by atoms with Crippen molar-refractivity contribution in [3.63, 3.8) is 0 Å². The SMILES string of the molecule is CCCNS(=O)(=O)C(C#N)CC. The molecule has 0 aromatic rings. The molecule has 0 saturated carbocycles. The normalized spacial score (nSPS) is 13.8. The van der Waals surface area contributed by atoms with Crippen molar-refractivity contribution in [1.82, 2.24) is 4.72 Å². The van der Waals surface area contributed by atoms with Crippen molar-refractivity contribution in [2.45, 2.75) is 31.9 Å². The number of nitrogens with one attached hydrogen (secondary N) is 1. The highest BCUT2D eigenvalue weighted by Gasteiger charge is 2.21. The lowest BCUT2D eigenvalue weighted by molar-refractivity contribution is 0.572. The van der Waals surface area contributed by atoms with Gasteiger partial charge in [0.05, 0.1) is 6.07 Å². The summed E-state index contributed by atoms with van der Waals surface area (Å²) in [5.41, 5.74) is 0. The van der Waals surface area contributed by atoms with E-state index in [2.05, 4.69) is 4.72 Å². The second-order valence-corrected chi connectivity index (χ2v) is 4.41. The van der Waals surface area contributed by atoms with Gasteiger partial charge < -0.3 is 0 Å². The van der Waals surface area contributed by atoms with Crippen LogP contribution in [0.2, 0.25) is 0 Å². The van der Waals surface area contributed by atoms with Crippen LogP contribution in [0.5, 0.6) is 0 Å². The first-order valence-electron chi connectivity index (χ1n) is 3.96. The van der Waals surface area contributed by atoms with E-state index in [4.69, 9.17) is 5.26 Å². The Bertz CT molecular complexity index is 253. The number of hydrogen-bond acceptors (Lipinski definition) is 3. The van der Waals surface area contributed by atoms with E-state index in [0.29, 0.717) is 13.0 Å². The number of nitriles is 1. The minimum Gasteiger partial charge on any atom is -0.214 e. The molecule has 4 nitrogen and oxygen atoms in total. The predicted molar refractivity (Wildman–Crippen MR) is 46.9 cm³/mol. The van der Waals surface area contributed by atoms with Crippen LogP contribution in [0.3, 0.4) is 0 Å². The zero-order chi connectivity index (χ0) is 9.61. The zero-order valence-corrected chi connectivity index (χ0v) is 8.19. The third-order valence-electron chi connectivity index (χ3n) is 1.44. The fraction of sp³-hybridized carbons (Fsp3) is 0.857. The Morgan fingerprint density at radius 1 is 1.50 bits per heavy atom. The molecule has 0 bridgehead atoms. The summed E-state index contributed by atoms with van der Waals surface area (Å²) in [4.78, 5) is 0. The fourth-order valence-corrected chi connectivity index (χ4v) is 1.99. The number of hydrogen-bond donors (Lipinski definition) is 1. The Balaban J connectivity index is 4.30. The smallest absolute Gasteiger partial charge is 0.214 e. The molecule has 1 unspecified atom stereocenters. The standard InChI is InChI=1S/C7H14N2O2S/c1-3-5-9-12(10,11)7(4-2)6-8/h7,9H,3-5H2,1-2H3. The number of rotatable bonds is 5. The Labute approximate surface area is 73.6 Å². The van der Waals surface area contributed by atoms with E-state index in [1.54, 1.807) is 13.0 Å². The first kappa shape index (κ1) is 11.4. The third-order valence-corrected chi connectivity index (χ3v) is 3.24. The van der Waals surface area contributed by atoms with Gasteiger partial charge in [0, 0.05) is 6.54 Å². The highest BCUT2D eigenvalue weighted by Crippen LogP contribution is 2.01. The summed E-state index contributed by atoms with van der Waals surface area (Å²) in [6.07, 6.45) is 1.07. The van der Waals surface area contributed by atoms with Crippen LogP contribution >= 0.6 is 0 Å². The van der Waals surface area contributed by atoms with E-state index in [1.165, 1.54) is 0 Å². The Morgan fingerprint density at radius 2 is 2.08 bits per heavy atom. The Hall–Kier alpha value is -0.600. The van der Waals surface area contributed by atoms with Crippen LogP contribution in [-0.2, 0) is 10.0 Å². The summed E-state index contributed by atoms with van der Waals surface area (Å²) >= 11 is 0. The van der Waals surface area contributed by atoms with Gasteiger partial charge in [-0.25, -0.2) is 13.1 Å². The van der Waals surface area contributed by atoms with Gasteiger partial charge in [-0.15, -0.1) is 0 Å². The summed E-state index contributed by atoms with van der Waals surface area (Å²) in [5, 5.41) is 7.58. The molecule has 0 fully saturated rings. The van der Waals surface area contributed by atoms with Gasteiger partial charge in [0.25, 0.3) is 0 Å². The molecule has 70 valence electrons. The molecule has 0 aliphatic carbocycles. The molecule has 0 saturated heterocycles. The summed E-state index contributed by atoms with van der Waals surface area (Å²) < 4.78 is 24.8. The largest absolute Gasteiger partial charge is 0.227 e. The summed E-state index contributed by atoms with van der Waals surface area (Å²) in [6.45, 7) is 3.95. The van der Waals surface area contributed by atoms with Crippen LogP contribution in [-0.4, -0.2) is 20.2 Å². The molecule has 0 aliphatic rings. The molecule has 5 heteroatoms. The average Bonchev–Trinajstić information content (AvgIpc) is 2.03. The van der Waals surface area contributed by atoms with Gasteiger partial charge in [0.1, 0.15) is 0 Å². The third kappa shape index (κ3) is 3.20. The topological polar surface area (TPSA) is 70.0 Å². The van der Waals surface area contributed by atoms with Gasteiger partial charge in [0.2, 0.25) is 10.0 Å². The predicted octanol–water partition coefficient (Wildman–Crippen LogP) is 0.618. The van der Waals surface area contributed by atoms with Crippen LogP contribution in [0.25, 0.3) is 0 Å². The van der Waals surface area contributed by atoms with Gasteiger partial charge in [-0.05, 0) is 12.8 Å². The lowest BCUT2D eigenvalue weighted by Crippen LogP contribution is -2.33. The molecule has 12 heavy (non-hydrogen) atoms. The van der Waals surface area contributed by atoms with E-state index in [9.17, 15) is 8.42 Å². The summed E-state index contributed by atoms with van der Waals surface area (Å²) in [5.74, 6) is 0. The van der Waals surface area contributed by atoms with Gasteiger partial charge in [-0.2, -0.15) is 5.26 Å². The maximum Gasteiger partial charge on any atom is 0.227 e. The van der Waals surface area contributed by atoms with Crippen LogP contribution in [0.15, 0.2) is 0 Å². The fourth-order valence-electron chi connectivity index (χ4n) is 0.725. The second-order valence-electron chi connectivity index (χ2n) is 2.47. The van der Waals surface area contributed by atoms with Crippen molar-refractivity contribution in [2.24, 2.45) is 0 Å². The van der Waals surface area contributed by atoms with Crippen LogP contribution in [0.4, 0.5) is 0 Å². The molecule has 0 aliphatic heterocycles. The monoisotopic (exact) mass is 190 g/mol. The molecule has 0 amide bonds. The van der Waals surface area contributed by atoms with Crippen LogP contribution in [0.1, 0.15) is 26.7 Å². The van der Waals surface area contributed by atoms with E-state index in [-0.39, 0.29) is 0 Å². The van der Waals surface area contributed by atoms with Gasteiger partial charge in [-0.3, -0.25) is 0 Å². The maximum atomic E-state index is 11.2. The van der Waals surface area contributed by atoms with Crippen molar-refractivity contribution in [3.05, 3.63) is 0 Å². The molecule has 0 heterocycles. The molecule has 1 N–H and O–H groups in total. The molecule has 0 spiro atoms. The average molecular weight is 190 g/mol. The van der Waals surface area contributed by atoms with Crippen molar-refractivity contribution in [1.29, 1.82) is 5.26 Å². The van der Waals surface area contributed by atoms with Crippen molar-refractivity contribution < 1.29 is 8.42 Å². The quantitative estimate of drug-likeness (QED) is 0.690. The Kier molecular flexibility index (Phi) is 4.86. The molecule has 0 aromatic carbocycles. The number of nitrogens with zero attached hydrogens (tertiary/aromatic N) is 1. The van der Waals surface area contributed by atoms with E-state index in [1.807, 2.05) is 6.92 Å². The first-order chi connectivity index (χ1) is 5.58. The van der Waals surface area contributed by atoms with E-state index < -0.39 is 15.3 Å². The van der Waals surface area contributed by atoms with E-state index in [0.717, 1.165) is 6.42 Å². The maximum absolute atomic E-state index is 11.2. The molecule has 0 radical (unpaired) electrons. The molecular formula is C7H14N2O2S. The highest BCUT2D eigenvalue weighted by atomic mass is 32.2. The molecule has 0 aromatic heterocycles. The lowest BCUT2D eigenvalue weighted by atomic mass is 10.4. The molecule has 1 atom stereocenters.